The number of halogens is 1. The summed E-state index contributed by atoms with van der Waals surface area (Å²) in [5.74, 6) is -0.227. The molecule has 8 nitrogen and oxygen atoms in total. The van der Waals surface area contributed by atoms with E-state index in [2.05, 4.69) is 25.4 Å². The molecule has 29 heavy (non-hydrogen) atoms. The van der Waals surface area contributed by atoms with Gasteiger partial charge in [-0.05, 0) is 30.7 Å². The van der Waals surface area contributed by atoms with Crippen molar-refractivity contribution in [1.82, 2.24) is 29.7 Å². The van der Waals surface area contributed by atoms with E-state index in [1.54, 1.807) is 16.6 Å². The molecule has 0 spiro atoms. The molecule has 0 radical (unpaired) electrons. The Balaban J connectivity index is 1.30. The standard InChI is InChI=1S/C20H24FN7O/c1-13-20(29)22-15-10-14(11-16-18(15)28(13)24-23-16)12-26-6-8-27(9-7-26)17-4-3-5-25(2)19(17)21/h3-4,10-11,13H,5-9,12H2,1-2H3,(H,22,29)/t13-/m1/s1. The molecule has 2 aromatic rings. The van der Waals surface area contributed by atoms with Gasteiger partial charge in [0.25, 0.3) is 0 Å². The normalized spacial score (nSPS) is 22.6. The highest BCUT2D eigenvalue weighted by Gasteiger charge is 2.28. The summed E-state index contributed by atoms with van der Waals surface area (Å²) in [5, 5.41) is 11.4. The number of benzene rings is 1. The second-order valence-corrected chi connectivity index (χ2v) is 7.93. The summed E-state index contributed by atoms with van der Waals surface area (Å²) in [6, 6.07) is 3.70. The predicted octanol–water partition coefficient (Wildman–Crippen LogP) is 1.70. The number of hydrogen-bond acceptors (Lipinski definition) is 6. The number of aromatic nitrogens is 3. The maximum atomic E-state index is 14.4. The Hall–Kier alpha value is -2.94. The van der Waals surface area contributed by atoms with E-state index in [-0.39, 0.29) is 17.9 Å². The molecule has 1 amide bonds. The second kappa shape index (κ2) is 6.84. The minimum atomic E-state index is -0.353. The number of amides is 1. The van der Waals surface area contributed by atoms with Crippen molar-refractivity contribution in [3.8, 4) is 0 Å². The van der Waals surface area contributed by atoms with Gasteiger partial charge in [0.1, 0.15) is 17.1 Å². The number of likely N-dealkylation sites (N-methyl/N-ethyl adjacent to an activating group) is 1. The highest BCUT2D eigenvalue weighted by Crippen LogP contribution is 2.31. The number of nitrogens with zero attached hydrogens (tertiary/aromatic N) is 6. The van der Waals surface area contributed by atoms with Crippen molar-refractivity contribution in [3.63, 3.8) is 0 Å². The van der Waals surface area contributed by atoms with Gasteiger partial charge in [-0.15, -0.1) is 5.10 Å². The summed E-state index contributed by atoms with van der Waals surface area (Å²) < 4.78 is 16.1. The van der Waals surface area contributed by atoms with Crippen LogP contribution in [-0.2, 0) is 11.3 Å². The molecule has 3 aliphatic rings. The summed E-state index contributed by atoms with van der Waals surface area (Å²) in [5.41, 5.74) is 4.21. The van der Waals surface area contributed by atoms with Crippen LogP contribution in [0.2, 0.25) is 0 Å². The predicted molar refractivity (Wildman–Crippen MR) is 108 cm³/mol. The summed E-state index contributed by atoms with van der Waals surface area (Å²) in [6.45, 7) is 6.43. The highest BCUT2D eigenvalue weighted by atomic mass is 19.1. The van der Waals surface area contributed by atoms with Gasteiger partial charge in [0.2, 0.25) is 11.9 Å². The largest absolute Gasteiger partial charge is 0.365 e. The first-order chi connectivity index (χ1) is 14.0. The topological polar surface area (TPSA) is 69.5 Å². The van der Waals surface area contributed by atoms with Crippen molar-refractivity contribution < 1.29 is 9.18 Å². The van der Waals surface area contributed by atoms with Crippen LogP contribution in [0.1, 0.15) is 18.5 Å². The first kappa shape index (κ1) is 18.1. The van der Waals surface area contributed by atoms with Gasteiger partial charge in [0.15, 0.2) is 0 Å². The van der Waals surface area contributed by atoms with Crippen LogP contribution in [0.15, 0.2) is 35.9 Å². The number of carbonyl (C=O) groups excluding carboxylic acids is 1. The second-order valence-electron chi connectivity index (χ2n) is 7.93. The van der Waals surface area contributed by atoms with Crippen LogP contribution in [0.5, 0.6) is 0 Å². The molecule has 0 unspecified atom stereocenters. The fraction of sp³-hybridized carbons (Fsp3) is 0.450. The summed E-state index contributed by atoms with van der Waals surface area (Å²) in [6.07, 6.45) is 3.88. The summed E-state index contributed by atoms with van der Waals surface area (Å²) in [4.78, 5) is 18.3. The molecule has 0 aliphatic carbocycles. The van der Waals surface area contributed by atoms with Crippen molar-refractivity contribution >= 4 is 22.6 Å². The van der Waals surface area contributed by atoms with E-state index in [0.717, 1.165) is 55.0 Å². The maximum absolute atomic E-state index is 14.4. The Morgan fingerprint density at radius 1 is 1.24 bits per heavy atom. The fourth-order valence-electron chi connectivity index (χ4n) is 4.25. The molecule has 0 saturated carbocycles. The Bertz CT molecular complexity index is 1030. The zero-order valence-electron chi connectivity index (χ0n) is 16.6. The molecule has 3 aliphatic heterocycles. The third kappa shape index (κ3) is 3.05. The third-order valence-corrected chi connectivity index (χ3v) is 5.95. The Morgan fingerprint density at radius 3 is 2.83 bits per heavy atom. The first-order valence-electron chi connectivity index (χ1n) is 9.94. The van der Waals surface area contributed by atoms with Crippen molar-refractivity contribution in [3.05, 3.63) is 41.5 Å². The van der Waals surface area contributed by atoms with Crippen molar-refractivity contribution in [2.75, 3.05) is 45.1 Å². The summed E-state index contributed by atoms with van der Waals surface area (Å²) in [7, 11) is 1.77. The van der Waals surface area contributed by atoms with Crippen LogP contribution in [0, 0.1) is 0 Å². The van der Waals surface area contributed by atoms with Gasteiger partial charge < -0.3 is 15.1 Å². The molecule has 1 fully saturated rings. The van der Waals surface area contributed by atoms with Gasteiger partial charge in [-0.3, -0.25) is 9.69 Å². The van der Waals surface area contributed by atoms with Crippen molar-refractivity contribution in [2.45, 2.75) is 19.5 Å². The number of hydrogen-bond donors (Lipinski definition) is 1. The molecule has 1 N–H and O–H groups in total. The first-order valence-corrected chi connectivity index (χ1v) is 9.94. The zero-order valence-corrected chi connectivity index (χ0v) is 16.6. The minimum absolute atomic E-state index is 0.0733. The number of allylic oxidation sites excluding steroid dienone is 1. The lowest BCUT2D eigenvalue weighted by Crippen LogP contribution is -2.46. The molecule has 1 atom stereocenters. The van der Waals surface area contributed by atoms with E-state index in [9.17, 15) is 9.18 Å². The van der Waals surface area contributed by atoms with E-state index in [1.165, 1.54) is 0 Å². The molecule has 152 valence electrons. The monoisotopic (exact) mass is 397 g/mol. The zero-order chi connectivity index (χ0) is 20.1. The lowest BCUT2D eigenvalue weighted by Gasteiger charge is -2.38. The van der Waals surface area contributed by atoms with E-state index in [0.29, 0.717) is 12.2 Å². The molecule has 1 aromatic heterocycles. The average Bonchev–Trinajstić information content (AvgIpc) is 3.14. The van der Waals surface area contributed by atoms with Gasteiger partial charge in [-0.25, -0.2) is 4.68 Å². The molecule has 4 heterocycles. The number of nitrogens with one attached hydrogen (secondary N) is 1. The maximum Gasteiger partial charge on any atom is 0.249 e. The average molecular weight is 397 g/mol. The fourth-order valence-corrected chi connectivity index (χ4v) is 4.25. The summed E-state index contributed by atoms with van der Waals surface area (Å²) >= 11 is 0. The van der Waals surface area contributed by atoms with Crippen LogP contribution in [0.25, 0.3) is 11.0 Å². The van der Waals surface area contributed by atoms with E-state index in [1.807, 2.05) is 31.2 Å². The SMILES string of the molecule is C[C@@H]1C(=O)Nc2cc(CN3CCN(C4=C(F)N(C)CC=C4)CC3)cc3nnn1c23. The Labute approximate surface area is 168 Å². The molecular weight excluding hydrogens is 373 g/mol. The molecule has 0 bridgehead atoms. The van der Waals surface area contributed by atoms with Crippen molar-refractivity contribution in [1.29, 1.82) is 0 Å². The minimum Gasteiger partial charge on any atom is -0.365 e. The molecule has 9 heteroatoms. The van der Waals surface area contributed by atoms with Crippen LogP contribution < -0.4 is 5.32 Å². The van der Waals surface area contributed by atoms with Gasteiger partial charge in [0.05, 0.1) is 11.4 Å². The van der Waals surface area contributed by atoms with Crippen LogP contribution in [0.3, 0.4) is 0 Å². The Kier molecular flexibility index (Phi) is 4.27. The number of piperazine rings is 1. The van der Waals surface area contributed by atoms with Crippen molar-refractivity contribution in [2.24, 2.45) is 0 Å². The van der Waals surface area contributed by atoms with Gasteiger partial charge >= 0.3 is 0 Å². The molecule has 1 aromatic carbocycles. The lowest BCUT2D eigenvalue weighted by molar-refractivity contribution is -0.119. The molecule has 1 saturated heterocycles. The van der Waals surface area contributed by atoms with E-state index in [4.69, 9.17) is 0 Å². The number of carbonyl (C=O) groups is 1. The quantitative estimate of drug-likeness (QED) is 0.796. The smallest absolute Gasteiger partial charge is 0.249 e. The molecule has 5 rings (SSSR count). The third-order valence-electron chi connectivity index (χ3n) is 5.95. The lowest BCUT2D eigenvalue weighted by atomic mass is 10.1. The number of rotatable bonds is 3. The van der Waals surface area contributed by atoms with E-state index >= 15 is 0 Å². The van der Waals surface area contributed by atoms with Gasteiger partial charge in [-0.2, -0.15) is 4.39 Å². The van der Waals surface area contributed by atoms with Gasteiger partial charge in [0, 0.05) is 46.3 Å². The number of anilines is 1. The van der Waals surface area contributed by atoms with E-state index < -0.39 is 0 Å². The van der Waals surface area contributed by atoms with Crippen LogP contribution in [0.4, 0.5) is 10.1 Å². The van der Waals surface area contributed by atoms with Crippen LogP contribution >= 0.6 is 0 Å². The van der Waals surface area contributed by atoms with Crippen LogP contribution in [-0.4, -0.2) is 75.4 Å². The van der Waals surface area contributed by atoms with Gasteiger partial charge in [-0.1, -0.05) is 11.3 Å². The Morgan fingerprint density at radius 2 is 2.03 bits per heavy atom. The highest BCUT2D eigenvalue weighted by molar-refractivity contribution is 6.04. The molecular formula is C20H24FN7O.